The van der Waals surface area contributed by atoms with E-state index in [0.29, 0.717) is 6.04 Å². The number of thiophene rings is 1. The van der Waals surface area contributed by atoms with E-state index >= 15 is 0 Å². The van der Waals surface area contributed by atoms with Gasteiger partial charge in [0.1, 0.15) is 0 Å². The van der Waals surface area contributed by atoms with Gasteiger partial charge in [-0.25, -0.2) is 0 Å². The van der Waals surface area contributed by atoms with Crippen molar-refractivity contribution in [2.24, 2.45) is 0 Å². The van der Waals surface area contributed by atoms with Crippen LogP contribution >= 0.6 is 34.7 Å². The van der Waals surface area contributed by atoms with Crippen molar-refractivity contribution >= 4 is 34.7 Å². The standard InChI is InChI=1S/C18H21ClN2OS2/c19-14-1-2-17-13(11-14)12-16(15-3-10-23-18(15)24-17)21-6-4-20(5-7-21)8-9-22/h1-3,10-11,16,22H,4-9,12H2/t16-/m1/s1. The van der Waals surface area contributed by atoms with E-state index in [1.807, 2.05) is 29.2 Å². The third kappa shape index (κ3) is 3.39. The van der Waals surface area contributed by atoms with Crippen molar-refractivity contribution in [3.8, 4) is 0 Å². The normalized spacial score (nSPS) is 22.0. The summed E-state index contributed by atoms with van der Waals surface area (Å²) in [6.07, 6.45) is 1.02. The molecule has 0 amide bonds. The van der Waals surface area contributed by atoms with E-state index in [9.17, 15) is 0 Å². The Morgan fingerprint density at radius 1 is 1.17 bits per heavy atom. The highest BCUT2D eigenvalue weighted by Crippen LogP contribution is 2.46. The molecule has 24 heavy (non-hydrogen) atoms. The lowest BCUT2D eigenvalue weighted by molar-refractivity contribution is 0.0825. The molecule has 1 aromatic heterocycles. The predicted molar refractivity (Wildman–Crippen MR) is 101 cm³/mol. The zero-order valence-corrected chi connectivity index (χ0v) is 15.8. The maximum Gasteiger partial charge on any atom is 0.0694 e. The van der Waals surface area contributed by atoms with E-state index in [1.165, 1.54) is 20.2 Å². The second-order valence-electron chi connectivity index (χ2n) is 6.34. The Kier molecular flexibility index (Phi) is 5.18. The molecule has 1 N–H and O–H groups in total. The van der Waals surface area contributed by atoms with Gasteiger partial charge in [0.05, 0.1) is 10.8 Å². The Labute approximate surface area is 156 Å². The van der Waals surface area contributed by atoms with Crippen LogP contribution in [0, 0.1) is 0 Å². The fourth-order valence-electron chi connectivity index (χ4n) is 3.63. The van der Waals surface area contributed by atoms with Gasteiger partial charge in [0, 0.05) is 48.7 Å². The van der Waals surface area contributed by atoms with Crippen LogP contribution in [-0.4, -0.2) is 54.2 Å². The number of aliphatic hydroxyl groups excluding tert-OH is 1. The van der Waals surface area contributed by atoms with Crippen molar-refractivity contribution in [3.05, 3.63) is 45.8 Å². The maximum atomic E-state index is 9.14. The molecule has 0 spiro atoms. The summed E-state index contributed by atoms with van der Waals surface area (Å²) in [4.78, 5) is 6.29. The Morgan fingerprint density at radius 3 is 2.79 bits per heavy atom. The number of rotatable bonds is 3. The summed E-state index contributed by atoms with van der Waals surface area (Å²) in [5, 5.41) is 12.2. The van der Waals surface area contributed by atoms with Gasteiger partial charge in [0.2, 0.25) is 0 Å². The SMILES string of the molecule is OCCN1CCN([C@@H]2Cc3cc(Cl)ccc3Sc3sccc32)CC1. The molecule has 2 aliphatic heterocycles. The van der Waals surface area contributed by atoms with Gasteiger partial charge in [-0.3, -0.25) is 9.80 Å². The summed E-state index contributed by atoms with van der Waals surface area (Å²) in [5.74, 6) is 0. The van der Waals surface area contributed by atoms with Crippen LogP contribution in [0.3, 0.4) is 0 Å². The molecule has 2 aliphatic rings. The molecule has 4 rings (SSSR count). The fourth-order valence-corrected chi connectivity index (χ4v) is 6.06. The molecule has 1 saturated heterocycles. The van der Waals surface area contributed by atoms with Crippen LogP contribution in [0.1, 0.15) is 17.2 Å². The van der Waals surface area contributed by atoms with Crippen molar-refractivity contribution < 1.29 is 5.11 Å². The second-order valence-corrected chi connectivity index (χ2v) is 9.00. The molecule has 0 radical (unpaired) electrons. The van der Waals surface area contributed by atoms with Crippen LogP contribution in [0.4, 0.5) is 0 Å². The molecule has 1 aromatic carbocycles. The second kappa shape index (κ2) is 7.36. The largest absolute Gasteiger partial charge is 0.395 e. The van der Waals surface area contributed by atoms with Gasteiger partial charge >= 0.3 is 0 Å². The third-order valence-corrected chi connectivity index (χ3v) is 7.45. The summed E-state index contributed by atoms with van der Waals surface area (Å²) in [7, 11) is 0. The minimum atomic E-state index is 0.251. The lowest BCUT2D eigenvalue weighted by atomic mass is 9.99. The topological polar surface area (TPSA) is 26.7 Å². The number of aliphatic hydroxyl groups is 1. The third-order valence-electron chi connectivity index (χ3n) is 4.92. The van der Waals surface area contributed by atoms with Crippen molar-refractivity contribution in [2.45, 2.75) is 21.6 Å². The van der Waals surface area contributed by atoms with Crippen LogP contribution < -0.4 is 0 Å². The minimum Gasteiger partial charge on any atom is -0.395 e. The van der Waals surface area contributed by atoms with E-state index in [-0.39, 0.29) is 6.61 Å². The average molecular weight is 381 g/mol. The van der Waals surface area contributed by atoms with Crippen molar-refractivity contribution in [3.63, 3.8) is 0 Å². The zero-order valence-electron chi connectivity index (χ0n) is 13.4. The summed E-state index contributed by atoms with van der Waals surface area (Å²) < 4.78 is 1.42. The highest BCUT2D eigenvalue weighted by Gasteiger charge is 2.30. The molecule has 0 saturated carbocycles. The van der Waals surface area contributed by atoms with Gasteiger partial charge in [-0.1, -0.05) is 23.4 Å². The number of nitrogens with zero attached hydrogens (tertiary/aromatic N) is 2. The average Bonchev–Trinajstić information content (AvgIpc) is 2.98. The quantitative estimate of drug-likeness (QED) is 0.877. The molecule has 0 bridgehead atoms. The molecule has 1 atom stereocenters. The van der Waals surface area contributed by atoms with Crippen molar-refractivity contribution in [1.29, 1.82) is 0 Å². The zero-order chi connectivity index (χ0) is 16.5. The molecule has 2 aromatic rings. The highest BCUT2D eigenvalue weighted by atomic mass is 35.5. The number of benzene rings is 1. The molecule has 3 nitrogen and oxygen atoms in total. The Morgan fingerprint density at radius 2 is 2.00 bits per heavy atom. The van der Waals surface area contributed by atoms with Crippen LogP contribution in [0.5, 0.6) is 0 Å². The summed E-state index contributed by atoms with van der Waals surface area (Å²) in [5.41, 5.74) is 2.83. The summed E-state index contributed by atoms with van der Waals surface area (Å²) >= 11 is 9.98. The van der Waals surface area contributed by atoms with E-state index in [1.54, 1.807) is 0 Å². The van der Waals surface area contributed by atoms with Crippen LogP contribution in [-0.2, 0) is 6.42 Å². The van der Waals surface area contributed by atoms with Gasteiger partial charge in [0.15, 0.2) is 0 Å². The van der Waals surface area contributed by atoms with Gasteiger partial charge in [-0.05, 0) is 47.2 Å². The van der Waals surface area contributed by atoms with E-state index < -0.39 is 0 Å². The molecule has 6 heteroatoms. The summed E-state index contributed by atoms with van der Waals surface area (Å²) in [6, 6.07) is 9.01. The van der Waals surface area contributed by atoms with E-state index in [4.69, 9.17) is 16.7 Å². The molecule has 1 fully saturated rings. The highest BCUT2D eigenvalue weighted by molar-refractivity contribution is 8.01. The van der Waals surface area contributed by atoms with Crippen molar-refractivity contribution in [2.75, 3.05) is 39.3 Å². The number of hydrogen-bond acceptors (Lipinski definition) is 5. The van der Waals surface area contributed by atoms with E-state index in [0.717, 1.165) is 44.2 Å². The predicted octanol–water partition coefficient (Wildman–Crippen LogP) is 3.76. The fraction of sp³-hybridized carbons (Fsp3) is 0.444. The Balaban J connectivity index is 1.61. The van der Waals surface area contributed by atoms with Gasteiger partial charge < -0.3 is 5.11 Å². The first-order valence-electron chi connectivity index (χ1n) is 8.35. The Hall–Kier alpha value is -0.560. The minimum absolute atomic E-state index is 0.251. The molecule has 3 heterocycles. The van der Waals surface area contributed by atoms with Gasteiger partial charge in [-0.15, -0.1) is 11.3 Å². The molecule has 128 valence electrons. The molecule has 0 unspecified atom stereocenters. The Bertz CT molecular complexity index is 713. The number of β-amino-alcohol motifs (C(OH)–C–C–N with tert-alkyl or cyclic N) is 1. The molecular formula is C18H21ClN2OS2. The first-order chi connectivity index (χ1) is 11.7. The lowest BCUT2D eigenvalue weighted by Gasteiger charge is -2.39. The first-order valence-corrected chi connectivity index (χ1v) is 10.4. The van der Waals surface area contributed by atoms with Crippen LogP contribution in [0.25, 0.3) is 0 Å². The van der Waals surface area contributed by atoms with Crippen LogP contribution in [0.2, 0.25) is 5.02 Å². The summed E-state index contributed by atoms with van der Waals surface area (Å²) in [6.45, 7) is 5.22. The van der Waals surface area contributed by atoms with Gasteiger partial charge in [0.25, 0.3) is 0 Å². The maximum absolute atomic E-state index is 9.14. The monoisotopic (exact) mass is 380 g/mol. The smallest absolute Gasteiger partial charge is 0.0694 e. The number of halogens is 1. The number of fused-ring (bicyclic) bond motifs is 2. The lowest BCUT2D eigenvalue weighted by Crippen LogP contribution is -2.48. The van der Waals surface area contributed by atoms with Gasteiger partial charge in [-0.2, -0.15) is 0 Å². The number of hydrogen-bond donors (Lipinski definition) is 1. The van der Waals surface area contributed by atoms with Crippen LogP contribution in [0.15, 0.2) is 38.8 Å². The molecule has 0 aliphatic carbocycles. The van der Waals surface area contributed by atoms with E-state index in [2.05, 4.69) is 33.4 Å². The number of piperazine rings is 1. The first kappa shape index (κ1) is 16.9. The van der Waals surface area contributed by atoms with Crippen molar-refractivity contribution in [1.82, 2.24) is 9.80 Å². The molecular weight excluding hydrogens is 360 g/mol.